The summed E-state index contributed by atoms with van der Waals surface area (Å²) in [7, 11) is 0. The third-order valence-corrected chi connectivity index (χ3v) is 17.7. The zero-order valence-corrected chi connectivity index (χ0v) is 43.0. The van der Waals surface area contributed by atoms with Crippen molar-refractivity contribution in [1.29, 1.82) is 0 Å². The van der Waals surface area contributed by atoms with Gasteiger partial charge in [-0.1, -0.05) is 233 Å². The molecule has 354 valence electrons. The summed E-state index contributed by atoms with van der Waals surface area (Å²) < 4.78 is 0. The number of nitrogens with zero attached hydrogens (tertiary/aromatic N) is 1. The number of hydrogen-bond acceptors (Lipinski definition) is 1. The Kier molecular flexibility index (Phi) is 9.70. The second-order valence-corrected chi connectivity index (χ2v) is 21.9. The highest BCUT2D eigenvalue weighted by molar-refractivity contribution is 6.10. The molecule has 0 saturated heterocycles. The Morgan fingerprint density at radius 2 is 0.865 bits per heavy atom. The van der Waals surface area contributed by atoms with Crippen molar-refractivity contribution < 1.29 is 0 Å². The molecule has 74 heavy (non-hydrogen) atoms. The molecular weight excluding hydrogens is 891 g/mol. The van der Waals surface area contributed by atoms with Crippen LogP contribution in [0.4, 0.5) is 17.1 Å². The van der Waals surface area contributed by atoms with E-state index in [1.54, 1.807) is 0 Å². The zero-order chi connectivity index (χ0) is 50.1. The Morgan fingerprint density at radius 3 is 1.55 bits per heavy atom. The maximum absolute atomic E-state index is 2.52. The first-order valence-electron chi connectivity index (χ1n) is 26.4. The van der Waals surface area contributed by atoms with E-state index in [1.807, 2.05) is 0 Å². The van der Waals surface area contributed by atoms with Gasteiger partial charge in [-0.15, -0.1) is 0 Å². The lowest BCUT2D eigenvalue weighted by atomic mass is 9.70. The van der Waals surface area contributed by atoms with Gasteiger partial charge in [0.25, 0.3) is 0 Å². The van der Waals surface area contributed by atoms with Gasteiger partial charge in [-0.3, -0.25) is 0 Å². The normalized spacial score (nSPS) is 16.8. The van der Waals surface area contributed by atoms with Crippen molar-refractivity contribution in [2.75, 3.05) is 4.90 Å². The summed E-state index contributed by atoms with van der Waals surface area (Å²) in [6, 6.07) is 87.1. The molecule has 0 fully saturated rings. The average molecular weight is 948 g/mol. The molecule has 0 bridgehead atoms. The topological polar surface area (TPSA) is 3.24 Å². The molecule has 0 amide bonds. The third-order valence-electron chi connectivity index (χ3n) is 17.7. The van der Waals surface area contributed by atoms with Gasteiger partial charge < -0.3 is 4.90 Å². The lowest BCUT2D eigenvalue weighted by Crippen LogP contribution is -2.26. The molecule has 14 rings (SSSR count). The molecule has 4 aliphatic carbocycles. The number of benzene rings is 10. The largest absolute Gasteiger partial charge is 0.310 e. The summed E-state index contributed by atoms with van der Waals surface area (Å²) >= 11 is 0. The minimum absolute atomic E-state index is 0.0483. The Hall–Kier alpha value is -8.52. The standard InChI is InChI=1S/C73H57N/c1-7-53(68-46(2)71(3,4)60-28-15-12-24-57(60)68)48-35-40-51(41-36-48)74(52-42-37-49(38-43-52)54-27-19-32-64-69(54)58-25-13-16-29-61(58)72(64,5)6)67-34-20-33-65-70(67)59-26-14-18-31-63(59)73(65)62-30-17-11-23-55(62)56-44-39-50(45-66(56)73)47-21-9-8-10-22-47/h7-45H,1-6H3/b53-7-. The maximum atomic E-state index is 2.52. The predicted molar refractivity (Wildman–Crippen MR) is 312 cm³/mol. The predicted octanol–water partition coefficient (Wildman–Crippen LogP) is 19.3. The number of fused-ring (bicyclic) bond motifs is 14. The molecular formula is C73H57N. The van der Waals surface area contributed by atoms with Gasteiger partial charge in [0.15, 0.2) is 0 Å². The van der Waals surface area contributed by atoms with E-state index in [9.17, 15) is 0 Å². The monoisotopic (exact) mass is 947 g/mol. The molecule has 1 unspecified atom stereocenters. The van der Waals surface area contributed by atoms with E-state index in [1.165, 1.54) is 122 Å². The molecule has 1 heteroatoms. The average Bonchev–Trinajstić information content (AvgIpc) is 4.08. The van der Waals surface area contributed by atoms with Crippen LogP contribution in [0, 0.1) is 0 Å². The van der Waals surface area contributed by atoms with Gasteiger partial charge in [-0.05, 0) is 162 Å². The summed E-state index contributed by atoms with van der Waals surface area (Å²) in [6.07, 6.45) is 2.31. The molecule has 0 N–H and O–H groups in total. The first-order valence-corrected chi connectivity index (χ1v) is 26.4. The molecule has 0 aliphatic heterocycles. The maximum Gasteiger partial charge on any atom is 0.0726 e. The van der Waals surface area contributed by atoms with E-state index >= 15 is 0 Å². The van der Waals surface area contributed by atoms with Crippen molar-refractivity contribution >= 4 is 28.2 Å². The van der Waals surface area contributed by atoms with Gasteiger partial charge in [-0.25, -0.2) is 0 Å². The van der Waals surface area contributed by atoms with E-state index in [0.29, 0.717) is 0 Å². The zero-order valence-electron chi connectivity index (χ0n) is 43.0. The van der Waals surface area contributed by atoms with Gasteiger partial charge >= 0.3 is 0 Å². The number of rotatable bonds is 7. The second-order valence-electron chi connectivity index (χ2n) is 21.9. The molecule has 0 aromatic heterocycles. The SMILES string of the molecule is C/C=C(\C1=C(C)C(C)(C)c2ccccc21)c1ccc(N(c2ccc(-c3cccc4c3-c3ccccc3C4(C)C)cc2)c2cccc3c2-c2ccccc2C32c3ccccc3-c3ccc(-c4ccccc4)cc32)cc1. The van der Waals surface area contributed by atoms with Crippen molar-refractivity contribution in [3.05, 3.63) is 292 Å². The summed E-state index contributed by atoms with van der Waals surface area (Å²) in [5.74, 6) is 0. The summed E-state index contributed by atoms with van der Waals surface area (Å²) in [5.41, 5.74) is 31.6. The third kappa shape index (κ3) is 6.04. The minimum Gasteiger partial charge on any atom is -0.310 e. The van der Waals surface area contributed by atoms with E-state index in [-0.39, 0.29) is 10.8 Å². The minimum atomic E-state index is -0.520. The Bertz CT molecular complexity index is 4010. The van der Waals surface area contributed by atoms with Gasteiger partial charge in [0.05, 0.1) is 11.1 Å². The van der Waals surface area contributed by atoms with Crippen LogP contribution < -0.4 is 4.90 Å². The van der Waals surface area contributed by atoms with Crippen LogP contribution in [0.3, 0.4) is 0 Å². The summed E-state index contributed by atoms with van der Waals surface area (Å²) in [6.45, 7) is 14.0. The smallest absolute Gasteiger partial charge is 0.0726 e. The lowest BCUT2D eigenvalue weighted by Gasteiger charge is -2.32. The van der Waals surface area contributed by atoms with E-state index in [4.69, 9.17) is 0 Å². The molecule has 0 heterocycles. The number of allylic oxidation sites excluding steroid dienone is 4. The molecule has 10 aromatic rings. The molecule has 0 radical (unpaired) electrons. The Morgan fingerprint density at radius 1 is 0.365 bits per heavy atom. The van der Waals surface area contributed by atoms with Crippen LogP contribution in [-0.4, -0.2) is 0 Å². The summed E-state index contributed by atoms with van der Waals surface area (Å²) in [5, 5.41) is 0. The second kappa shape index (κ2) is 16.2. The van der Waals surface area contributed by atoms with Crippen LogP contribution in [0.2, 0.25) is 0 Å². The summed E-state index contributed by atoms with van der Waals surface area (Å²) in [4.78, 5) is 2.52. The van der Waals surface area contributed by atoms with E-state index < -0.39 is 5.41 Å². The Labute approximate surface area is 436 Å². The fraction of sp³-hybridized carbons (Fsp3) is 0.123. The molecule has 1 nitrogen and oxygen atoms in total. The first kappa shape index (κ1) is 44.2. The van der Waals surface area contributed by atoms with Crippen LogP contribution in [0.5, 0.6) is 0 Å². The van der Waals surface area contributed by atoms with Gasteiger partial charge in [0.1, 0.15) is 0 Å². The van der Waals surface area contributed by atoms with Crippen LogP contribution in [0.25, 0.3) is 66.8 Å². The van der Waals surface area contributed by atoms with Crippen LogP contribution in [0.1, 0.15) is 91.6 Å². The quantitative estimate of drug-likeness (QED) is 0.154. The van der Waals surface area contributed by atoms with Gasteiger partial charge in [0, 0.05) is 27.8 Å². The molecule has 1 atom stereocenters. The van der Waals surface area contributed by atoms with Crippen LogP contribution in [0.15, 0.2) is 242 Å². The molecule has 0 saturated carbocycles. The van der Waals surface area contributed by atoms with Gasteiger partial charge in [0.2, 0.25) is 0 Å². The fourth-order valence-electron chi connectivity index (χ4n) is 13.9. The van der Waals surface area contributed by atoms with E-state index in [0.717, 1.165) is 17.1 Å². The molecule has 4 aliphatic rings. The van der Waals surface area contributed by atoms with E-state index in [2.05, 4.69) is 283 Å². The highest BCUT2D eigenvalue weighted by Gasteiger charge is 2.52. The van der Waals surface area contributed by atoms with Crippen molar-refractivity contribution in [2.45, 2.75) is 57.8 Å². The van der Waals surface area contributed by atoms with Crippen LogP contribution >= 0.6 is 0 Å². The Balaban J connectivity index is 0.970. The molecule has 10 aromatic carbocycles. The van der Waals surface area contributed by atoms with Crippen molar-refractivity contribution in [1.82, 2.24) is 0 Å². The lowest BCUT2D eigenvalue weighted by molar-refractivity contribution is 0.639. The fourth-order valence-corrected chi connectivity index (χ4v) is 13.9. The van der Waals surface area contributed by atoms with Gasteiger partial charge in [-0.2, -0.15) is 0 Å². The number of hydrogen-bond donors (Lipinski definition) is 0. The highest BCUT2D eigenvalue weighted by atomic mass is 15.1. The number of anilines is 3. The van der Waals surface area contributed by atoms with Crippen LogP contribution in [-0.2, 0) is 16.2 Å². The van der Waals surface area contributed by atoms with Crippen molar-refractivity contribution in [2.24, 2.45) is 0 Å². The van der Waals surface area contributed by atoms with Crippen molar-refractivity contribution in [3.63, 3.8) is 0 Å². The highest BCUT2D eigenvalue weighted by Crippen LogP contribution is 2.65. The van der Waals surface area contributed by atoms with Crippen molar-refractivity contribution in [3.8, 4) is 55.6 Å². The first-order chi connectivity index (χ1) is 36.1. The molecule has 1 spiro atoms.